The number of ether oxygens (including phenoxy) is 1. The topological polar surface area (TPSA) is 21.3 Å². The third kappa shape index (κ3) is 3.45. The monoisotopic (exact) mass is 309 g/mol. The van der Waals surface area contributed by atoms with Gasteiger partial charge in [0.1, 0.15) is 5.75 Å². The molecule has 0 saturated heterocycles. The summed E-state index contributed by atoms with van der Waals surface area (Å²) in [7, 11) is 3.59. The van der Waals surface area contributed by atoms with Crippen molar-refractivity contribution in [3.8, 4) is 5.75 Å². The van der Waals surface area contributed by atoms with Gasteiger partial charge in [0.05, 0.1) is 7.11 Å². The van der Waals surface area contributed by atoms with E-state index in [2.05, 4.69) is 11.4 Å². The van der Waals surface area contributed by atoms with E-state index in [1.165, 1.54) is 0 Å². The summed E-state index contributed by atoms with van der Waals surface area (Å²) < 4.78 is 5.39. The van der Waals surface area contributed by atoms with E-state index in [4.69, 9.17) is 27.9 Å². The molecule has 0 spiro atoms. The molecule has 2 aromatic rings. The summed E-state index contributed by atoms with van der Waals surface area (Å²) in [5.41, 5.74) is 2.12. The van der Waals surface area contributed by atoms with E-state index in [1.54, 1.807) is 13.2 Å². The van der Waals surface area contributed by atoms with Crippen molar-refractivity contribution < 1.29 is 4.74 Å². The molecule has 2 rings (SSSR count). The molecule has 0 bridgehead atoms. The fourth-order valence-corrected chi connectivity index (χ4v) is 2.67. The van der Waals surface area contributed by atoms with E-state index >= 15 is 0 Å². The highest BCUT2D eigenvalue weighted by molar-refractivity contribution is 6.33. The Morgan fingerprint density at radius 2 is 1.90 bits per heavy atom. The third-order valence-electron chi connectivity index (χ3n) is 3.30. The molecule has 2 aromatic carbocycles. The molecule has 1 N–H and O–H groups in total. The Kier molecular flexibility index (Phi) is 5.30. The van der Waals surface area contributed by atoms with E-state index < -0.39 is 0 Å². The minimum absolute atomic E-state index is 0.0810. The van der Waals surface area contributed by atoms with Gasteiger partial charge < -0.3 is 10.1 Å². The largest absolute Gasteiger partial charge is 0.496 e. The van der Waals surface area contributed by atoms with Crippen LogP contribution in [0.1, 0.15) is 17.2 Å². The van der Waals surface area contributed by atoms with E-state index in [0.717, 1.165) is 23.3 Å². The van der Waals surface area contributed by atoms with Crippen molar-refractivity contribution in [3.63, 3.8) is 0 Å². The van der Waals surface area contributed by atoms with Crippen molar-refractivity contribution in [1.29, 1.82) is 0 Å². The number of rotatable bonds is 5. The smallest absolute Gasteiger partial charge is 0.122 e. The van der Waals surface area contributed by atoms with Crippen LogP contribution in [0, 0.1) is 0 Å². The fourth-order valence-electron chi connectivity index (χ4n) is 2.24. The molecule has 1 unspecified atom stereocenters. The van der Waals surface area contributed by atoms with Crippen molar-refractivity contribution in [3.05, 3.63) is 63.6 Å². The maximum absolute atomic E-state index is 6.28. The zero-order chi connectivity index (χ0) is 14.5. The molecule has 0 aliphatic rings. The second kappa shape index (κ2) is 6.98. The Morgan fingerprint density at radius 3 is 2.60 bits per heavy atom. The first-order chi connectivity index (χ1) is 9.65. The average molecular weight is 310 g/mol. The van der Waals surface area contributed by atoms with E-state index in [9.17, 15) is 0 Å². The summed E-state index contributed by atoms with van der Waals surface area (Å²) in [5, 5.41) is 4.68. The van der Waals surface area contributed by atoms with Gasteiger partial charge in [-0.05, 0) is 48.9 Å². The lowest BCUT2D eigenvalue weighted by molar-refractivity contribution is 0.406. The Bertz CT molecular complexity index is 586. The summed E-state index contributed by atoms with van der Waals surface area (Å²) in [6, 6.07) is 13.6. The van der Waals surface area contributed by atoms with Crippen molar-refractivity contribution in [1.82, 2.24) is 5.32 Å². The molecule has 0 aromatic heterocycles. The summed E-state index contributed by atoms with van der Waals surface area (Å²) in [6.07, 6.45) is 0.778. The summed E-state index contributed by atoms with van der Waals surface area (Å²) in [5.74, 6) is 0.880. The molecule has 1 atom stereocenters. The normalized spacial score (nSPS) is 12.2. The molecule has 0 aliphatic heterocycles. The predicted octanol–water partition coefficient (Wildman–Crippen LogP) is 4.51. The fraction of sp³-hybridized carbons (Fsp3) is 0.250. The van der Waals surface area contributed by atoms with Gasteiger partial charge in [-0.2, -0.15) is 0 Å². The SMILES string of the molecule is CNC(Cc1ccccc1OC)c1cc(Cl)ccc1Cl. The van der Waals surface area contributed by atoms with Gasteiger partial charge in [0.25, 0.3) is 0 Å². The maximum atomic E-state index is 6.28. The lowest BCUT2D eigenvalue weighted by Gasteiger charge is -2.19. The average Bonchev–Trinajstić information content (AvgIpc) is 2.48. The van der Waals surface area contributed by atoms with Gasteiger partial charge in [0.15, 0.2) is 0 Å². The van der Waals surface area contributed by atoms with Crippen LogP contribution in [0.15, 0.2) is 42.5 Å². The number of benzene rings is 2. The number of likely N-dealkylation sites (N-methyl/N-ethyl adjacent to an activating group) is 1. The van der Waals surface area contributed by atoms with Crippen LogP contribution in [0.3, 0.4) is 0 Å². The highest BCUT2D eigenvalue weighted by Crippen LogP contribution is 2.30. The molecule has 0 aliphatic carbocycles. The van der Waals surface area contributed by atoms with Gasteiger partial charge in [-0.1, -0.05) is 41.4 Å². The second-order valence-electron chi connectivity index (χ2n) is 4.52. The zero-order valence-corrected chi connectivity index (χ0v) is 13.0. The zero-order valence-electron chi connectivity index (χ0n) is 11.5. The number of methoxy groups -OCH3 is 1. The van der Waals surface area contributed by atoms with E-state index in [1.807, 2.05) is 37.4 Å². The van der Waals surface area contributed by atoms with Crippen molar-refractivity contribution in [2.24, 2.45) is 0 Å². The first kappa shape index (κ1) is 15.2. The lowest BCUT2D eigenvalue weighted by atomic mass is 9.98. The summed E-state index contributed by atoms with van der Waals surface area (Å²) in [4.78, 5) is 0. The van der Waals surface area contributed by atoms with Gasteiger partial charge >= 0.3 is 0 Å². The van der Waals surface area contributed by atoms with Crippen molar-refractivity contribution in [2.75, 3.05) is 14.2 Å². The van der Waals surface area contributed by atoms with Crippen LogP contribution in [0.5, 0.6) is 5.75 Å². The molecular formula is C16H17Cl2NO. The molecular weight excluding hydrogens is 293 g/mol. The molecule has 20 heavy (non-hydrogen) atoms. The number of nitrogens with one attached hydrogen (secondary N) is 1. The quantitative estimate of drug-likeness (QED) is 0.877. The van der Waals surface area contributed by atoms with Crippen LogP contribution >= 0.6 is 23.2 Å². The van der Waals surface area contributed by atoms with Gasteiger partial charge in [-0.3, -0.25) is 0 Å². The van der Waals surface area contributed by atoms with Crippen LogP contribution < -0.4 is 10.1 Å². The van der Waals surface area contributed by atoms with E-state index in [-0.39, 0.29) is 6.04 Å². The number of halogens is 2. The molecule has 2 nitrogen and oxygen atoms in total. The summed E-state index contributed by atoms with van der Waals surface area (Å²) in [6.45, 7) is 0. The molecule has 0 saturated carbocycles. The molecule has 4 heteroatoms. The van der Waals surface area contributed by atoms with Crippen LogP contribution in [-0.2, 0) is 6.42 Å². The number of hydrogen-bond acceptors (Lipinski definition) is 2. The van der Waals surface area contributed by atoms with Gasteiger partial charge in [0.2, 0.25) is 0 Å². The second-order valence-corrected chi connectivity index (χ2v) is 5.37. The molecule has 106 valence electrons. The third-order valence-corrected chi connectivity index (χ3v) is 3.88. The van der Waals surface area contributed by atoms with Gasteiger partial charge in [-0.25, -0.2) is 0 Å². The van der Waals surface area contributed by atoms with Crippen LogP contribution in [0.25, 0.3) is 0 Å². The minimum atomic E-state index is 0.0810. The van der Waals surface area contributed by atoms with Gasteiger partial charge in [0, 0.05) is 16.1 Å². The van der Waals surface area contributed by atoms with Crippen molar-refractivity contribution >= 4 is 23.2 Å². The Balaban J connectivity index is 2.31. The Labute approximate surface area is 129 Å². The molecule has 0 heterocycles. The Hall–Kier alpha value is -1.22. The lowest BCUT2D eigenvalue weighted by Crippen LogP contribution is -2.19. The number of para-hydroxylation sites is 1. The maximum Gasteiger partial charge on any atom is 0.122 e. The van der Waals surface area contributed by atoms with Gasteiger partial charge in [-0.15, -0.1) is 0 Å². The van der Waals surface area contributed by atoms with Crippen molar-refractivity contribution in [2.45, 2.75) is 12.5 Å². The number of hydrogen-bond donors (Lipinski definition) is 1. The van der Waals surface area contributed by atoms with Crippen LogP contribution in [0.2, 0.25) is 10.0 Å². The predicted molar refractivity (Wildman–Crippen MR) is 85.0 cm³/mol. The Morgan fingerprint density at radius 1 is 1.15 bits per heavy atom. The first-order valence-corrected chi connectivity index (χ1v) is 7.15. The molecule has 0 amide bonds. The standard InChI is InChI=1S/C16H17Cl2NO/c1-19-15(13-10-12(17)7-8-14(13)18)9-11-5-3-4-6-16(11)20-2/h3-8,10,15,19H,9H2,1-2H3. The van der Waals surface area contributed by atoms with Crippen LogP contribution in [0.4, 0.5) is 0 Å². The first-order valence-electron chi connectivity index (χ1n) is 6.39. The molecule has 0 radical (unpaired) electrons. The van der Waals surface area contributed by atoms with E-state index in [0.29, 0.717) is 10.0 Å². The summed E-state index contributed by atoms with van der Waals surface area (Å²) >= 11 is 12.3. The minimum Gasteiger partial charge on any atom is -0.496 e. The highest BCUT2D eigenvalue weighted by atomic mass is 35.5. The van der Waals surface area contributed by atoms with Crippen LogP contribution in [-0.4, -0.2) is 14.2 Å². The highest BCUT2D eigenvalue weighted by Gasteiger charge is 2.16. The molecule has 0 fully saturated rings.